The van der Waals surface area contributed by atoms with Gasteiger partial charge in [-0.1, -0.05) is 0 Å². The Morgan fingerprint density at radius 3 is 2.86 bits per heavy atom. The molecular formula is C7H7BrN2O2S2. The lowest BCUT2D eigenvalue weighted by Crippen LogP contribution is -2.24. The molecule has 0 fully saturated rings. The van der Waals surface area contributed by atoms with Crippen molar-refractivity contribution >= 4 is 37.3 Å². The minimum atomic E-state index is -3.44. The lowest BCUT2D eigenvalue weighted by Gasteiger charge is -1.99. The van der Waals surface area contributed by atoms with Crippen molar-refractivity contribution in [1.82, 2.24) is 4.72 Å². The molecule has 0 atom stereocenters. The van der Waals surface area contributed by atoms with E-state index in [1.165, 1.54) is 11.3 Å². The fourth-order valence-electron chi connectivity index (χ4n) is 0.764. The molecule has 76 valence electrons. The Hall–Kier alpha value is -0.420. The van der Waals surface area contributed by atoms with E-state index < -0.39 is 15.8 Å². The summed E-state index contributed by atoms with van der Waals surface area (Å²) in [5.41, 5.74) is 0. The number of hydrogen-bond acceptors (Lipinski definition) is 4. The van der Waals surface area contributed by atoms with E-state index in [1.807, 2.05) is 11.4 Å². The van der Waals surface area contributed by atoms with Crippen LogP contribution in [0.1, 0.15) is 4.88 Å². The van der Waals surface area contributed by atoms with Crippen LogP contribution in [0.5, 0.6) is 0 Å². The largest absolute Gasteiger partial charge is 0.225 e. The molecule has 0 aliphatic rings. The summed E-state index contributed by atoms with van der Waals surface area (Å²) in [6, 6.07) is 3.43. The highest BCUT2D eigenvalue weighted by Gasteiger charge is 2.09. The fourth-order valence-corrected chi connectivity index (χ4v) is 2.89. The van der Waals surface area contributed by atoms with Gasteiger partial charge in [0.1, 0.15) is 0 Å². The minimum absolute atomic E-state index is 0.236. The first-order chi connectivity index (χ1) is 6.53. The van der Waals surface area contributed by atoms with Crippen molar-refractivity contribution in [1.29, 1.82) is 5.26 Å². The molecule has 0 aliphatic carbocycles. The second kappa shape index (κ2) is 4.89. The van der Waals surface area contributed by atoms with Crippen LogP contribution in [0.2, 0.25) is 0 Å². The van der Waals surface area contributed by atoms with E-state index in [1.54, 1.807) is 6.07 Å². The van der Waals surface area contributed by atoms with Crippen molar-refractivity contribution in [2.24, 2.45) is 0 Å². The van der Waals surface area contributed by atoms with E-state index in [9.17, 15) is 8.42 Å². The number of hydrogen-bond donors (Lipinski definition) is 1. The van der Waals surface area contributed by atoms with Crippen molar-refractivity contribution < 1.29 is 8.42 Å². The highest BCUT2D eigenvalue weighted by molar-refractivity contribution is 9.10. The van der Waals surface area contributed by atoms with Crippen LogP contribution in [0.15, 0.2) is 15.9 Å². The zero-order valence-electron chi connectivity index (χ0n) is 7.03. The summed E-state index contributed by atoms with van der Waals surface area (Å²) in [5, 5.41) is 10.1. The quantitative estimate of drug-likeness (QED) is 0.914. The molecule has 0 saturated carbocycles. The second-order valence-electron chi connectivity index (χ2n) is 2.47. The van der Waals surface area contributed by atoms with E-state index in [0.29, 0.717) is 0 Å². The molecule has 1 rings (SSSR count). The monoisotopic (exact) mass is 294 g/mol. The van der Waals surface area contributed by atoms with Crippen molar-refractivity contribution in [3.63, 3.8) is 0 Å². The van der Waals surface area contributed by atoms with Crippen molar-refractivity contribution in [3.8, 4) is 6.07 Å². The first-order valence-corrected chi connectivity index (χ1v) is 6.93. The van der Waals surface area contributed by atoms with Gasteiger partial charge < -0.3 is 0 Å². The summed E-state index contributed by atoms with van der Waals surface area (Å²) in [5.74, 6) is -0.500. The van der Waals surface area contributed by atoms with Crippen LogP contribution in [0.3, 0.4) is 0 Å². The SMILES string of the molecule is N#CCS(=O)(=O)NCc1cc(Br)cs1. The van der Waals surface area contributed by atoms with Crippen LogP contribution in [-0.4, -0.2) is 14.2 Å². The predicted molar refractivity (Wildman–Crippen MR) is 58.3 cm³/mol. The molecule has 7 heteroatoms. The number of nitriles is 1. The molecular weight excluding hydrogens is 288 g/mol. The van der Waals surface area contributed by atoms with Crippen LogP contribution in [0.25, 0.3) is 0 Å². The topological polar surface area (TPSA) is 70.0 Å². The van der Waals surface area contributed by atoms with Gasteiger partial charge in [-0.3, -0.25) is 0 Å². The first kappa shape index (κ1) is 11.7. The van der Waals surface area contributed by atoms with Crippen LogP contribution in [-0.2, 0) is 16.6 Å². The first-order valence-electron chi connectivity index (χ1n) is 3.61. The standard InChI is InChI=1S/C7H7BrN2O2S2/c8-6-3-7(13-5-6)4-10-14(11,12)2-1-9/h3,5,10H,2,4H2. The molecule has 0 unspecified atom stereocenters. The smallest absolute Gasteiger partial charge is 0.211 e. The average molecular weight is 295 g/mol. The highest BCUT2D eigenvalue weighted by Crippen LogP contribution is 2.19. The fraction of sp³-hybridized carbons (Fsp3) is 0.286. The van der Waals surface area contributed by atoms with Gasteiger partial charge in [0.25, 0.3) is 0 Å². The number of nitrogens with zero attached hydrogens (tertiary/aromatic N) is 1. The summed E-state index contributed by atoms with van der Waals surface area (Å²) in [6.07, 6.45) is 0. The van der Waals surface area contributed by atoms with Crippen LogP contribution >= 0.6 is 27.3 Å². The molecule has 1 aromatic heterocycles. The molecule has 0 radical (unpaired) electrons. The van der Waals surface area contributed by atoms with Crippen molar-refractivity contribution in [2.45, 2.75) is 6.54 Å². The molecule has 0 amide bonds. The average Bonchev–Trinajstić information content (AvgIpc) is 2.48. The third-order valence-electron chi connectivity index (χ3n) is 1.34. The molecule has 14 heavy (non-hydrogen) atoms. The number of halogens is 1. The predicted octanol–water partition coefficient (Wildman–Crippen LogP) is 1.45. The minimum Gasteiger partial charge on any atom is -0.211 e. The molecule has 0 saturated heterocycles. The van der Waals surface area contributed by atoms with Gasteiger partial charge in [-0.05, 0) is 22.0 Å². The third kappa shape index (κ3) is 3.75. The lowest BCUT2D eigenvalue weighted by atomic mass is 10.5. The van der Waals surface area contributed by atoms with Gasteiger partial charge in [-0.2, -0.15) is 5.26 Å². The Balaban J connectivity index is 2.54. The maximum atomic E-state index is 11.1. The summed E-state index contributed by atoms with van der Waals surface area (Å²) in [7, 11) is -3.44. The highest BCUT2D eigenvalue weighted by atomic mass is 79.9. The Morgan fingerprint density at radius 2 is 2.36 bits per heavy atom. The van der Waals surface area contributed by atoms with Crippen molar-refractivity contribution in [3.05, 3.63) is 20.8 Å². The van der Waals surface area contributed by atoms with E-state index in [-0.39, 0.29) is 6.54 Å². The Labute approximate surface area is 94.7 Å². The number of rotatable bonds is 4. The molecule has 4 nitrogen and oxygen atoms in total. The summed E-state index contributed by atoms with van der Waals surface area (Å²) < 4.78 is 25.4. The summed E-state index contributed by atoms with van der Waals surface area (Å²) in [6.45, 7) is 0.236. The number of sulfonamides is 1. The Morgan fingerprint density at radius 1 is 1.64 bits per heavy atom. The Kier molecular flexibility index (Phi) is 4.07. The van der Waals surface area contributed by atoms with Gasteiger partial charge in [0.2, 0.25) is 10.0 Å². The van der Waals surface area contributed by atoms with Crippen LogP contribution in [0.4, 0.5) is 0 Å². The summed E-state index contributed by atoms with van der Waals surface area (Å²) >= 11 is 4.72. The van der Waals surface area contributed by atoms with Gasteiger partial charge in [-0.25, -0.2) is 13.1 Å². The molecule has 1 N–H and O–H groups in total. The van der Waals surface area contributed by atoms with E-state index >= 15 is 0 Å². The summed E-state index contributed by atoms with van der Waals surface area (Å²) in [4.78, 5) is 0.901. The molecule has 0 aliphatic heterocycles. The van der Waals surface area contributed by atoms with Gasteiger partial charge in [0, 0.05) is 21.3 Å². The molecule has 0 bridgehead atoms. The van der Waals surface area contributed by atoms with Crippen LogP contribution in [0, 0.1) is 11.3 Å². The van der Waals surface area contributed by atoms with Gasteiger partial charge in [0.05, 0.1) is 6.07 Å². The number of nitrogens with one attached hydrogen (secondary N) is 1. The van der Waals surface area contributed by atoms with Gasteiger partial charge in [0.15, 0.2) is 5.75 Å². The molecule has 0 aromatic carbocycles. The van der Waals surface area contributed by atoms with Crippen molar-refractivity contribution in [2.75, 3.05) is 5.75 Å². The Bertz CT molecular complexity index is 447. The zero-order valence-corrected chi connectivity index (χ0v) is 10.2. The third-order valence-corrected chi connectivity index (χ3v) is 4.13. The molecule has 0 spiro atoms. The lowest BCUT2D eigenvalue weighted by molar-refractivity contribution is 0.585. The maximum Gasteiger partial charge on any atom is 0.225 e. The number of thiophene rings is 1. The normalized spacial score (nSPS) is 11.1. The van der Waals surface area contributed by atoms with E-state index in [0.717, 1.165) is 9.35 Å². The van der Waals surface area contributed by atoms with Gasteiger partial charge >= 0.3 is 0 Å². The van der Waals surface area contributed by atoms with E-state index in [4.69, 9.17) is 5.26 Å². The van der Waals surface area contributed by atoms with E-state index in [2.05, 4.69) is 20.7 Å². The second-order valence-corrected chi connectivity index (χ2v) is 6.19. The zero-order chi connectivity index (χ0) is 10.6. The molecule has 1 aromatic rings. The molecule has 1 heterocycles. The van der Waals surface area contributed by atoms with Crippen LogP contribution < -0.4 is 4.72 Å². The van der Waals surface area contributed by atoms with Gasteiger partial charge in [-0.15, -0.1) is 11.3 Å². The maximum absolute atomic E-state index is 11.1.